The summed E-state index contributed by atoms with van der Waals surface area (Å²) in [5, 5.41) is 8.34. The maximum atomic E-state index is 12.0. The topological polar surface area (TPSA) is 124 Å². The van der Waals surface area contributed by atoms with Gasteiger partial charge in [-0.25, -0.2) is 8.42 Å². The molecule has 10 heteroatoms. The molecule has 0 saturated heterocycles. The van der Waals surface area contributed by atoms with Crippen LogP contribution in [0, 0.1) is 0 Å². The molecule has 0 amide bonds. The Balaban J connectivity index is -0.00000312. The number of hydrogen-bond donors (Lipinski definition) is 0. The van der Waals surface area contributed by atoms with E-state index in [0.29, 0.717) is 12.8 Å². The fourth-order valence-electron chi connectivity index (χ4n) is 2.78. The van der Waals surface area contributed by atoms with Crippen LogP contribution in [0.4, 0.5) is 0 Å². The number of hydrogen-bond acceptors (Lipinski definition) is 7. The van der Waals surface area contributed by atoms with Gasteiger partial charge in [0.05, 0.1) is 0 Å². The van der Waals surface area contributed by atoms with Gasteiger partial charge in [-0.15, -0.1) is 0 Å². The first-order chi connectivity index (χ1) is 12.2. The van der Waals surface area contributed by atoms with Crippen LogP contribution in [0.25, 0.3) is 0 Å². The molecule has 0 fully saturated rings. The number of unbranched alkanes of at least 4 members (excludes halogenated alkanes) is 7. The Hall–Kier alpha value is 0.850. The quantitative estimate of drug-likeness (QED) is 0.105. The molecule has 0 heterocycles. The summed E-state index contributed by atoms with van der Waals surface area (Å²) in [6, 6.07) is 0. The standard InChI is InChI=1S/C18H34O7S.2Na/c1-3-5-6-7-8-9-10-11-13-15(12-4-2)25-18(21)16(14-17(19)20)26(22,23)24;;/h15-16H,3-14H2,1-2H3,(H,19,20)(H,22,23,24);;/q;2*+1/p-2. The number of aliphatic carboxylic acids is 1. The van der Waals surface area contributed by atoms with Crippen LogP contribution in [0.3, 0.4) is 0 Å². The Morgan fingerprint density at radius 2 is 1.36 bits per heavy atom. The minimum Gasteiger partial charge on any atom is -0.747 e. The molecule has 0 N–H and O–H groups in total. The minimum atomic E-state index is -5.11. The van der Waals surface area contributed by atoms with E-state index in [1.165, 1.54) is 32.1 Å². The monoisotopic (exact) mass is 438 g/mol. The molecule has 0 spiro atoms. The van der Waals surface area contributed by atoms with E-state index in [1.54, 1.807) is 0 Å². The van der Waals surface area contributed by atoms with Gasteiger partial charge < -0.3 is 19.2 Å². The van der Waals surface area contributed by atoms with E-state index < -0.39 is 39.8 Å². The maximum absolute atomic E-state index is 12.0. The summed E-state index contributed by atoms with van der Waals surface area (Å²) in [6.45, 7) is 4.07. The Labute approximate surface area is 214 Å². The number of carboxylic acids is 1. The van der Waals surface area contributed by atoms with Crippen molar-refractivity contribution in [2.45, 2.75) is 102 Å². The molecular formula is C18H32Na2O7S. The zero-order chi connectivity index (χ0) is 20.0. The summed E-state index contributed by atoms with van der Waals surface area (Å²) >= 11 is 0. The second-order valence-electron chi connectivity index (χ2n) is 6.67. The molecule has 0 aliphatic carbocycles. The van der Waals surface area contributed by atoms with E-state index in [4.69, 9.17) is 4.74 Å². The molecule has 0 aliphatic rings. The van der Waals surface area contributed by atoms with Crippen LogP contribution in [0.5, 0.6) is 0 Å². The number of carbonyl (C=O) groups excluding carboxylic acids is 2. The van der Waals surface area contributed by atoms with Crippen LogP contribution < -0.4 is 64.2 Å². The largest absolute Gasteiger partial charge is 1.00 e. The van der Waals surface area contributed by atoms with Crippen LogP contribution in [-0.2, 0) is 24.4 Å². The summed E-state index contributed by atoms with van der Waals surface area (Å²) in [7, 11) is -5.11. The van der Waals surface area contributed by atoms with Gasteiger partial charge in [0.2, 0.25) is 0 Å². The predicted molar refractivity (Wildman–Crippen MR) is 95.1 cm³/mol. The van der Waals surface area contributed by atoms with Crippen molar-refractivity contribution in [3.05, 3.63) is 0 Å². The Kier molecular flexibility index (Phi) is 23.7. The summed E-state index contributed by atoms with van der Waals surface area (Å²) in [5.41, 5.74) is 0. The van der Waals surface area contributed by atoms with Gasteiger partial charge >= 0.3 is 65.1 Å². The molecule has 0 bridgehead atoms. The second-order valence-corrected chi connectivity index (χ2v) is 8.22. The van der Waals surface area contributed by atoms with Gasteiger partial charge in [0.25, 0.3) is 0 Å². The molecular weight excluding hydrogens is 406 g/mol. The molecule has 28 heavy (non-hydrogen) atoms. The van der Waals surface area contributed by atoms with Crippen molar-refractivity contribution in [3.63, 3.8) is 0 Å². The van der Waals surface area contributed by atoms with Crippen LogP contribution in [0.1, 0.15) is 90.9 Å². The van der Waals surface area contributed by atoms with Gasteiger partial charge in [-0.05, 0) is 19.3 Å². The average Bonchev–Trinajstić information content (AvgIpc) is 2.53. The summed E-state index contributed by atoms with van der Waals surface area (Å²) in [5.74, 6) is -3.07. The van der Waals surface area contributed by atoms with E-state index in [1.807, 2.05) is 6.92 Å². The van der Waals surface area contributed by atoms with Crippen molar-refractivity contribution in [2.24, 2.45) is 0 Å². The number of rotatable bonds is 16. The average molecular weight is 438 g/mol. The van der Waals surface area contributed by atoms with Crippen LogP contribution in [-0.4, -0.2) is 36.3 Å². The van der Waals surface area contributed by atoms with Gasteiger partial charge in [0.1, 0.15) is 16.2 Å². The van der Waals surface area contributed by atoms with Crippen molar-refractivity contribution < 1.29 is 91.5 Å². The first-order valence-corrected chi connectivity index (χ1v) is 11.0. The van der Waals surface area contributed by atoms with E-state index in [0.717, 1.165) is 25.7 Å². The van der Waals surface area contributed by atoms with Crippen LogP contribution in [0.2, 0.25) is 0 Å². The van der Waals surface area contributed by atoms with E-state index in [9.17, 15) is 27.7 Å². The number of ether oxygens (including phenoxy) is 1. The minimum absolute atomic E-state index is 0. The first-order valence-electron chi connectivity index (χ1n) is 9.57. The molecule has 2 atom stereocenters. The predicted octanol–water partition coefficient (Wildman–Crippen LogP) is -3.71. The molecule has 0 aromatic carbocycles. The van der Waals surface area contributed by atoms with Gasteiger partial charge in [-0.3, -0.25) is 4.79 Å². The molecule has 2 unspecified atom stereocenters. The van der Waals surface area contributed by atoms with Crippen molar-refractivity contribution in [3.8, 4) is 0 Å². The summed E-state index contributed by atoms with van der Waals surface area (Å²) < 4.78 is 38.5. The number of carbonyl (C=O) groups is 2. The smallest absolute Gasteiger partial charge is 0.747 e. The molecule has 154 valence electrons. The fraction of sp³-hybridized carbons (Fsp3) is 0.889. The van der Waals surface area contributed by atoms with Crippen molar-refractivity contribution >= 4 is 22.1 Å². The molecule has 0 saturated carbocycles. The Morgan fingerprint density at radius 1 is 0.857 bits per heavy atom. The van der Waals surface area contributed by atoms with Crippen molar-refractivity contribution in [2.75, 3.05) is 0 Å². The Bertz CT molecular complexity index is 512. The van der Waals surface area contributed by atoms with Gasteiger partial charge in [0, 0.05) is 12.4 Å². The molecule has 7 nitrogen and oxygen atoms in total. The molecule has 0 aliphatic heterocycles. The van der Waals surface area contributed by atoms with E-state index in [-0.39, 0.29) is 59.1 Å². The molecule has 0 rings (SSSR count). The third kappa shape index (κ3) is 17.7. The van der Waals surface area contributed by atoms with E-state index >= 15 is 0 Å². The van der Waals surface area contributed by atoms with Crippen molar-refractivity contribution in [1.29, 1.82) is 0 Å². The zero-order valence-corrected chi connectivity index (χ0v) is 22.7. The van der Waals surface area contributed by atoms with E-state index in [2.05, 4.69) is 6.92 Å². The van der Waals surface area contributed by atoms with Gasteiger partial charge in [-0.1, -0.05) is 65.2 Å². The molecule has 0 aromatic rings. The SMILES string of the molecule is CCCCCCCCCCC(CCC)OC(=O)C(CC(=O)[O-])S(=O)(=O)[O-].[Na+].[Na+]. The maximum Gasteiger partial charge on any atom is 1.00 e. The van der Waals surface area contributed by atoms with Crippen molar-refractivity contribution in [1.82, 2.24) is 0 Å². The zero-order valence-electron chi connectivity index (χ0n) is 17.9. The molecule has 0 aromatic heterocycles. The fourth-order valence-corrected chi connectivity index (χ4v) is 3.42. The van der Waals surface area contributed by atoms with Crippen LogP contribution >= 0.6 is 0 Å². The normalized spacial score (nSPS) is 13.0. The third-order valence-electron chi connectivity index (χ3n) is 4.24. The number of esters is 1. The second kappa shape index (κ2) is 19.8. The summed E-state index contributed by atoms with van der Waals surface area (Å²) in [4.78, 5) is 22.5. The van der Waals surface area contributed by atoms with Crippen LogP contribution in [0.15, 0.2) is 0 Å². The summed E-state index contributed by atoms with van der Waals surface area (Å²) in [6.07, 6.45) is 9.18. The van der Waals surface area contributed by atoms with Gasteiger partial charge in [-0.2, -0.15) is 0 Å². The Morgan fingerprint density at radius 3 is 1.79 bits per heavy atom. The third-order valence-corrected chi connectivity index (χ3v) is 5.29. The number of carboxylic acid groups (broad SMARTS) is 1. The molecule has 0 radical (unpaired) electrons. The van der Waals surface area contributed by atoms with Gasteiger partial charge in [0.15, 0.2) is 5.25 Å². The first kappa shape index (κ1) is 33.5.